The Morgan fingerprint density at radius 1 is 0.971 bits per heavy atom. The van der Waals surface area contributed by atoms with Gasteiger partial charge in [0, 0.05) is 23.3 Å². The number of anilines is 1. The van der Waals surface area contributed by atoms with Crippen molar-refractivity contribution >= 4 is 34.4 Å². The van der Waals surface area contributed by atoms with Gasteiger partial charge in [-0.25, -0.2) is 4.98 Å². The van der Waals surface area contributed by atoms with Crippen LogP contribution in [0.2, 0.25) is 0 Å². The number of aromatic amines is 2. The van der Waals surface area contributed by atoms with E-state index in [-0.39, 0.29) is 17.6 Å². The van der Waals surface area contributed by atoms with E-state index in [0.29, 0.717) is 6.42 Å². The third kappa shape index (κ3) is 3.49. The van der Waals surface area contributed by atoms with Gasteiger partial charge in [0.2, 0.25) is 0 Å². The van der Waals surface area contributed by atoms with Crippen molar-refractivity contribution < 1.29 is 9.21 Å². The molecule has 0 radical (unpaired) electrons. The van der Waals surface area contributed by atoms with Crippen LogP contribution in [0.5, 0.6) is 0 Å². The Morgan fingerprint density at radius 3 is 2.71 bits per heavy atom. The first kappa shape index (κ1) is 20.3. The van der Waals surface area contributed by atoms with Crippen molar-refractivity contribution in [3.8, 4) is 0 Å². The number of H-pyrrole nitrogens is 2. The summed E-state index contributed by atoms with van der Waals surface area (Å²) in [6.45, 7) is 0. The molecule has 2 aliphatic rings. The molecule has 2 unspecified atom stereocenters. The van der Waals surface area contributed by atoms with E-state index < -0.39 is 0 Å². The average Bonchev–Trinajstić information content (AvgIpc) is 3.62. The number of Topliss-reactive ketones (excluding diaryl/α,β-unsaturated/α-hetero) is 1. The third-order valence-electron chi connectivity index (χ3n) is 6.77. The van der Waals surface area contributed by atoms with Crippen molar-refractivity contribution in [3.05, 3.63) is 101 Å². The maximum atomic E-state index is 13.5. The monoisotopic (exact) mass is 479 g/mol. The molecule has 0 fully saturated rings. The molecule has 8 heteroatoms. The number of hydrogen-bond donors (Lipinski definition) is 3. The molecular weight excluding hydrogens is 458 g/mol. The van der Waals surface area contributed by atoms with E-state index >= 15 is 0 Å². The predicted molar refractivity (Wildman–Crippen MR) is 133 cm³/mol. The van der Waals surface area contributed by atoms with Crippen LogP contribution in [0.25, 0.3) is 11.0 Å². The molecule has 7 rings (SSSR count). The number of para-hydroxylation sites is 2. The minimum atomic E-state index is -0.297. The fraction of sp³-hybridized carbons (Fsp3) is 0.148. The molecule has 2 atom stereocenters. The number of aromatic nitrogens is 4. The van der Waals surface area contributed by atoms with Gasteiger partial charge in [-0.3, -0.25) is 9.89 Å². The zero-order chi connectivity index (χ0) is 23.4. The molecule has 0 saturated heterocycles. The topological polar surface area (TPSA) is 99.6 Å². The number of imidazole rings is 1. The molecule has 35 heavy (non-hydrogen) atoms. The lowest BCUT2D eigenvalue weighted by atomic mass is 9.74. The molecule has 0 amide bonds. The average molecular weight is 480 g/mol. The number of rotatable bonds is 4. The highest BCUT2D eigenvalue weighted by Gasteiger charge is 2.40. The van der Waals surface area contributed by atoms with E-state index in [4.69, 9.17) is 4.42 Å². The van der Waals surface area contributed by atoms with Gasteiger partial charge in [0.05, 0.1) is 23.1 Å². The van der Waals surface area contributed by atoms with E-state index in [2.05, 4.69) is 37.6 Å². The van der Waals surface area contributed by atoms with Crippen LogP contribution in [0, 0.1) is 0 Å². The molecule has 1 aliphatic carbocycles. The molecule has 7 nitrogen and oxygen atoms in total. The first-order valence-electron chi connectivity index (χ1n) is 11.6. The normalized spacial score (nSPS) is 19.5. The summed E-state index contributed by atoms with van der Waals surface area (Å²) in [7, 11) is 0. The number of carbonyl (C=O) groups is 1. The molecule has 0 bridgehead atoms. The van der Waals surface area contributed by atoms with Crippen LogP contribution in [0.4, 0.5) is 5.82 Å². The largest absolute Gasteiger partial charge is 0.453 e. The molecule has 3 N–H and O–H groups in total. The van der Waals surface area contributed by atoms with Crippen molar-refractivity contribution in [2.24, 2.45) is 0 Å². The first-order chi connectivity index (χ1) is 17.2. The SMILES string of the molecule is O=C1CC(c2ccccc2)CC2=C1C(c1ccc(Sc3nc4ccccc4[nH]3)o1)c1cn[nH]c1N2. The highest BCUT2D eigenvalue weighted by Crippen LogP contribution is 2.48. The second-order valence-corrected chi connectivity index (χ2v) is 9.90. The van der Waals surface area contributed by atoms with E-state index in [9.17, 15) is 4.79 Å². The zero-order valence-electron chi connectivity index (χ0n) is 18.6. The fourth-order valence-electron chi connectivity index (χ4n) is 5.18. The lowest BCUT2D eigenvalue weighted by molar-refractivity contribution is -0.116. The maximum absolute atomic E-state index is 13.5. The van der Waals surface area contributed by atoms with Gasteiger partial charge in [-0.2, -0.15) is 5.10 Å². The summed E-state index contributed by atoms with van der Waals surface area (Å²) < 4.78 is 6.31. The van der Waals surface area contributed by atoms with Crippen LogP contribution >= 0.6 is 11.8 Å². The first-order valence-corrected chi connectivity index (χ1v) is 12.4. The Kier molecular flexibility index (Phi) is 4.66. The molecular formula is C27H21N5O2S. The summed E-state index contributed by atoms with van der Waals surface area (Å²) in [6.07, 6.45) is 3.03. The van der Waals surface area contributed by atoms with E-state index in [1.165, 1.54) is 17.3 Å². The third-order valence-corrected chi connectivity index (χ3v) is 7.58. The molecule has 0 saturated carbocycles. The number of nitrogens with one attached hydrogen (secondary N) is 3. The van der Waals surface area contributed by atoms with Gasteiger partial charge >= 0.3 is 0 Å². The fourth-order valence-corrected chi connectivity index (χ4v) is 5.95. The molecule has 172 valence electrons. The lowest BCUT2D eigenvalue weighted by Crippen LogP contribution is -2.29. The molecule has 0 spiro atoms. The number of nitrogens with zero attached hydrogens (tertiary/aromatic N) is 2. The Morgan fingerprint density at radius 2 is 1.83 bits per heavy atom. The van der Waals surface area contributed by atoms with Gasteiger partial charge in [-0.05, 0) is 53.9 Å². The molecule has 3 aromatic heterocycles. The van der Waals surface area contributed by atoms with Gasteiger partial charge in [-0.15, -0.1) is 0 Å². The predicted octanol–water partition coefficient (Wildman–Crippen LogP) is 5.99. The molecule has 4 heterocycles. The van der Waals surface area contributed by atoms with Crippen LogP contribution in [-0.2, 0) is 4.79 Å². The number of allylic oxidation sites excluding steroid dienone is 2. The van der Waals surface area contributed by atoms with Crippen molar-refractivity contribution in [3.63, 3.8) is 0 Å². The number of furan rings is 1. The molecule has 1 aliphatic heterocycles. The smallest absolute Gasteiger partial charge is 0.174 e. The summed E-state index contributed by atoms with van der Waals surface area (Å²) in [6, 6.07) is 22.1. The van der Waals surface area contributed by atoms with Gasteiger partial charge in [-0.1, -0.05) is 42.5 Å². The van der Waals surface area contributed by atoms with Crippen molar-refractivity contribution in [1.29, 1.82) is 0 Å². The van der Waals surface area contributed by atoms with Crippen LogP contribution in [0.15, 0.2) is 98.9 Å². The highest BCUT2D eigenvalue weighted by atomic mass is 32.2. The van der Waals surface area contributed by atoms with Gasteiger partial charge in [0.15, 0.2) is 16.0 Å². The second-order valence-electron chi connectivity index (χ2n) is 8.91. The summed E-state index contributed by atoms with van der Waals surface area (Å²) in [5.74, 6) is 1.54. The summed E-state index contributed by atoms with van der Waals surface area (Å²) in [4.78, 5) is 21.5. The standard InChI is InChI=1S/C27H21N5O2S/c33-21-13-16(15-6-2-1-3-7-15)12-20-25(21)24(17-14-28-32-26(17)29-20)22-10-11-23(34-22)35-27-30-18-8-4-5-9-19(18)31-27/h1-11,14,16,24H,12-13H2,(H,30,31)(H2,28,29,32). The van der Waals surface area contributed by atoms with Crippen LogP contribution < -0.4 is 5.32 Å². The van der Waals surface area contributed by atoms with Gasteiger partial charge in [0.1, 0.15) is 11.6 Å². The van der Waals surface area contributed by atoms with Crippen molar-refractivity contribution in [1.82, 2.24) is 20.2 Å². The number of hydrogen-bond acceptors (Lipinski definition) is 6. The van der Waals surface area contributed by atoms with Crippen molar-refractivity contribution in [2.75, 3.05) is 5.32 Å². The van der Waals surface area contributed by atoms with Gasteiger partial charge in [0.25, 0.3) is 0 Å². The minimum Gasteiger partial charge on any atom is -0.453 e. The number of carbonyl (C=O) groups excluding carboxylic acids is 1. The molecule has 2 aromatic carbocycles. The number of benzene rings is 2. The van der Waals surface area contributed by atoms with Crippen LogP contribution in [-0.4, -0.2) is 25.9 Å². The van der Waals surface area contributed by atoms with E-state index in [1.54, 1.807) is 6.20 Å². The van der Waals surface area contributed by atoms with Gasteiger partial charge < -0.3 is 14.7 Å². The summed E-state index contributed by atoms with van der Waals surface area (Å²) in [5, 5.41) is 12.2. The zero-order valence-corrected chi connectivity index (χ0v) is 19.4. The second kappa shape index (κ2) is 8.02. The van der Waals surface area contributed by atoms with Crippen LogP contribution in [0.3, 0.4) is 0 Å². The quantitative estimate of drug-likeness (QED) is 0.293. The number of ketones is 1. The Labute approximate surface area is 205 Å². The molecule has 5 aromatic rings. The number of fused-ring (bicyclic) bond motifs is 2. The highest BCUT2D eigenvalue weighted by molar-refractivity contribution is 7.99. The van der Waals surface area contributed by atoms with E-state index in [0.717, 1.165) is 56.1 Å². The summed E-state index contributed by atoms with van der Waals surface area (Å²) in [5.41, 5.74) is 5.73. The summed E-state index contributed by atoms with van der Waals surface area (Å²) >= 11 is 1.44. The Bertz CT molecular complexity index is 1560. The lowest BCUT2D eigenvalue weighted by Gasteiger charge is -2.34. The Balaban J connectivity index is 1.23. The maximum Gasteiger partial charge on any atom is 0.174 e. The van der Waals surface area contributed by atoms with Crippen LogP contribution in [0.1, 0.15) is 41.6 Å². The van der Waals surface area contributed by atoms with E-state index in [1.807, 2.05) is 54.6 Å². The minimum absolute atomic E-state index is 0.146. The Hall–Kier alpha value is -4.04. The van der Waals surface area contributed by atoms with Crippen molar-refractivity contribution in [2.45, 2.75) is 34.9 Å².